The Balaban J connectivity index is 2.08. The topological polar surface area (TPSA) is 110 Å². The highest BCUT2D eigenvalue weighted by atomic mass is 32.1. The number of nitrogens with zero attached hydrogens (tertiary/aromatic N) is 4. The van der Waals surface area contributed by atoms with Gasteiger partial charge in [0.15, 0.2) is 17.3 Å². The number of anilines is 2. The number of H-pyrrole nitrogens is 1. The molecule has 1 aromatic carbocycles. The van der Waals surface area contributed by atoms with E-state index in [1.165, 1.54) is 7.05 Å². The molecule has 9 nitrogen and oxygen atoms in total. The first kappa shape index (κ1) is 17.5. The van der Waals surface area contributed by atoms with Gasteiger partial charge in [0.05, 0.1) is 24.0 Å². The van der Waals surface area contributed by atoms with E-state index in [2.05, 4.69) is 30.9 Å². The van der Waals surface area contributed by atoms with Gasteiger partial charge in [0, 0.05) is 20.2 Å². The maximum absolute atomic E-state index is 12.1. The van der Waals surface area contributed by atoms with Gasteiger partial charge in [0.2, 0.25) is 0 Å². The van der Waals surface area contributed by atoms with E-state index in [9.17, 15) is 4.79 Å². The molecule has 0 saturated heterocycles. The second-order valence-corrected chi connectivity index (χ2v) is 5.77. The molecule has 0 spiro atoms. The molecule has 0 saturated carbocycles. The van der Waals surface area contributed by atoms with E-state index in [1.807, 2.05) is 18.2 Å². The summed E-state index contributed by atoms with van der Waals surface area (Å²) in [7, 11) is 4.88. The van der Waals surface area contributed by atoms with Crippen molar-refractivity contribution in [2.45, 2.75) is 0 Å². The number of ether oxygens (including phenoxy) is 1. The maximum atomic E-state index is 12.1. The van der Waals surface area contributed by atoms with E-state index in [0.29, 0.717) is 33.2 Å². The number of carbonyl (C=O) groups excluding carboxylic acids is 1. The van der Waals surface area contributed by atoms with Crippen LogP contribution in [0, 0.1) is 4.64 Å². The zero-order valence-corrected chi connectivity index (χ0v) is 15.2. The highest BCUT2D eigenvalue weighted by Crippen LogP contribution is 2.36. The summed E-state index contributed by atoms with van der Waals surface area (Å²) in [5.41, 5.74) is 1.99. The van der Waals surface area contributed by atoms with Crippen molar-refractivity contribution in [2.75, 3.05) is 19.5 Å². The second-order valence-electron chi connectivity index (χ2n) is 5.33. The number of hydrogen-bond donors (Lipinski definition) is 3. The third kappa shape index (κ3) is 3.40. The van der Waals surface area contributed by atoms with E-state index in [1.54, 1.807) is 31.2 Å². The SMILES string of the molecule is CNC(=O)c1n[nH]c(=S)cc1Nc1cccc(-c2ncn(C)n2)c1OC. The standard InChI is InChI=1S/C16H17N7O2S/c1-17-16(24)13-11(7-12(26)20-21-13)19-10-6-4-5-9(14(10)25-3)15-18-8-23(2)22-15/h4-8H,1-3H3,(H,17,24)(H2,19,20,26). The monoisotopic (exact) mass is 371 g/mol. The van der Waals surface area contributed by atoms with E-state index in [-0.39, 0.29) is 11.6 Å². The molecule has 0 bridgehead atoms. The van der Waals surface area contributed by atoms with E-state index < -0.39 is 0 Å². The minimum Gasteiger partial charge on any atom is -0.494 e. The zero-order chi connectivity index (χ0) is 18.7. The summed E-state index contributed by atoms with van der Waals surface area (Å²) in [6.45, 7) is 0. The van der Waals surface area contributed by atoms with Gasteiger partial charge in [0.25, 0.3) is 5.91 Å². The zero-order valence-electron chi connectivity index (χ0n) is 14.4. The van der Waals surface area contributed by atoms with Crippen LogP contribution in [-0.2, 0) is 7.05 Å². The summed E-state index contributed by atoms with van der Waals surface area (Å²) < 4.78 is 7.56. The lowest BCUT2D eigenvalue weighted by molar-refractivity contribution is 0.0958. The molecule has 134 valence electrons. The van der Waals surface area contributed by atoms with Crippen LogP contribution in [0.3, 0.4) is 0 Å². The van der Waals surface area contributed by atoms with E-state index in [0.717, 1.165) is 0 Å². The number of para-hydroxylation sites is 1. The molecule has 0 aliphatic heterocycles. The average molecular weight is 371 g/mol. The van der Waals surface area contributed by atoms with Crippen molar-refractivity contribution in [3.8, 4) is 17.1 Å². The molecule has 1 amide bonds. The van der Waals surface area contributed by atoms with Crippen LogP contribution in [0.1, 0.15) is 10.5 Å². The van der Waals surface area contributed by atoms with Crippen molar-refractivity contribution in [3.63, 3.8) is 0 Å². The lowest BCUT2D eigenvalue weighted by atomic mass is 10.1. The Bertz CT molecular complexity index is 1010. The molecule has 3 aromatic rings. The van der Waals surface area contributed by atoms with Crippen LogP contribution in [0.2, 0.25) is 0 Å². The number of aryl methyl sites for hydroxylation is 1. The Hall–Kier alpha value is -3.27. The third-order valence-electron chi connectivity index (χ3n) is 3.58. The molecule has 3 rings (SSSR count). The van der Waals surface area contributed by atoms with Crippen LogP contribution in [0.5, 0.6) is 5.75 Å². The molecule has 10 heteroatoms. The summed E-state index contributed by atoms with van der Waals surface area (Å²) in [5.74, 6) is 0.726. The largest absolute Gasteiger partial charge is 0.494 e. The first-order chi connectivity index (χ1) is 12.5. The van der Waals surface area contributed by atoms with Gasteiger partial charge >= 0.3 is 0 Å². The lowest BCUT2D eigenvalue weighted by Gasteiger charge is -2.15. The average Bonchev–Trinajstić information content (AvgIpc) is 3.07. The lowest BCUT2D eigenvalue weighted by Crippen LogP contribution is -2.21. The third-order valence-corrected chi connectivity index (χ3v) is 3.79. The molecule has 0 unspecified atom stereocenters. The van der Waals surface area contributed by atoms with Gasteiger partial charge in [-0.3, -0.25) is 14.6 Å². The molecule has 0 fully saturated rings. The Morgan fingerprint density at radius 1 is 1.35 bits per heavy atom. The van der Waals surface area contributed by atoms with Crippen LogP contribution in [-0.4, -0.2) is 45.0 Å². The van der Waals surface area contributed by atoms with Crippen LogP contribution in [0.4, 0.5) is 11.4 Å². The molecule has 0 aliphatic rings. The first-order valence-corrected chi connectivity index (χ1v) is 8.06. The summed E-state index contributed by atoms with van der Waals surface area (Å²) in [5, 5.41) is 16.7. The number of aromatic amines is 1. The van der Waals surface area contributed by atoms with Crippen LogP contribution >= 0.6 is 12.2 Å². The minimum atomic E-state index is -0.347. The smallest absolute Gasteiger partial charge is 0.273 e. The van der Waals surface area contributed by atoms with Crippen LogP contribution in [0.15, 0.2) is 30.6 Å². The summed E-state index contributed by atoms with van der Waals surface area (Å²) in [4.78, 5) is 16.3. The predicted octanol–water partition coefficient (Wildman–Crippen LogP) is 2.05. The number of amides is 1. The van der Waals surface area contributed by atoms with Gasteiger partial charge in [-0.2, -0.15) is 10.2 Å². The fourth-order valence-electron chi connectivity index (χ4n) is 2.43. The fraction of sp³-hybridized carbons (Fsp3) is 0.188. The summed E-state index contributed by atoms with van der Waals surface area (Å²) in [6, 6.07) is 7.14. The van der Waals surface area contributed by atoms with Crippen LogP contribution < -0.4 is 15.4 Å². The number of aromatic nitrogens is 5. The molecule has 3 N–H and O–H groups in total. The Morgan fingerprint density at radius 3 is 2.81 bits per heavy atom. The fourth-order valence-corrected chi connectivity index (χ4v) is 2.59. The predicted molar refractivity (Wildman–Crippen MR) is 99.1 cm³/mol. The van der Waals surface area contributed by atoms with Gasteiger partial charge < -0.3 is 15.4 Å². The molecule has 26 heavy (non-hydrogen) atoms. The van der Waals surface area contributed by atoms with Crippen molar-refractivity contribution >= 4 is 29.5 Å². The van der Waals surface area contributed by atoms with E-state index >= 15 is 0 Å². The van der Waals surface area contributed by atoms with Gasteiger partial charge in [-0.25, -0.2) is 4.98 Å². The second kappa shape index (κ2) is 7.31. The van der Waals surface area contributed by atoms with Crippen LogP contribution in [0.25, 0.3) is 11.4 Å². The highest BCUT2D eigenvalue weighted by molar-refractivity contribution is 7.71. The van der Waals surface area contributed by atoms with Crippen molar-refractivity contribution in [3.05, 3.63) is 40.9 Å². The Labute approximate surface area is 154 Å². The molecular formula is C16H17N7O2S. The van der Waals surface area contributed by atoms with Crippen molar-refractivity contribution in [1.29, 1.82) is 0 Å². The Kier molecular flexibility index (Phi) is 4.94. The number of hydrogen-bond acceptors (Lipinski definition) is 7. The highest BCUT2D eigenvalue weighted by Gasteiger charge is 2.17. The van der Waals surface area contributed by atoms with Crippen molar-refractivity contribution in [2.24, 2.45) is 7.05 Å². The molecule has 0 aliphatic carbocycles. The first-order valence-electron chi connectivity index (χ1n) is 7.65. The number of carbonyl (C=O) groups is 1. The normalized spacial score (nSPS) is 10.4. The number of methoxy groups -OCH3 is 1. The minimum absolute atomic E-state index is 0.185. The molecule has 0 radical (unpaired) electrons. The molecular weight excluding hydrogens is 354 g/mol. The molecule has 0 atom stereocenters. The number of nitrogens with one attached hydrogen (secondary N) is 3. The van der Waals surface area contributed by atoms with Gasteiger partial charge in [-0.05, 0) is 12.1 Å². The van der Waals surface area contributed by atoms with Crippen molar-refractivity contribution < 1.29 is 9.53 Å². The number of rotatable bonds is 5. The maximum Gasteiger partial charge on any atom is 0.273 e. The quantitative estimate of drug-likeness (QED) is 0.589. The van der Waals surface area contributed by atoms with Gasteiger partial charge in [0.1, 0.15) is 11.0 Å². The van der Waals surface area contributed by atoms with E-state index in [4.69, 9.17) is 17.0 Å². The van der Waals surface area contributed by atoms with Gasteiger partial charge in [-0.15, -0.1) is 0 Å². The van der Waals surface area contributed by atoms with Gasteiger partial charge in [-0.1, -0.05) is 18.3 Å². The molecule has 2 heterocycles. The summed E-state index contributed by atoms with van der Waals surface area (Å²) >= 11 is 5.12. The Morgan fingerprint density at radius 2 is 2.15 bits per heavy atom. The molecule has 2 aromatic heterocycles. The summed E-state index contributed by atoms with van der Waals surface area (Å²) in [6.07, 6.45) is 1.61. The van der Waals surface area contributed by atoms with Crippen molar-refractivity contribution in [1.82, 2.24) is 30.3 Å². The number of benzene rings is 1.